The number of halogens is 2. The molecule has 1 atom stereocenters. The minimum atomic E-state index is -2.85. The lowest BCUT2D eigenvalue weighted by Crippen LogP contribution is -2.36. The minimum Gasteiger partial charge on any atom is -0.399 e. The summed E-state index contributed by atoms with van der Waals surface area (Å²) in [6.07, 6.45) is -4.62. The monoisotopic (exact) mass is 244 g/mol. The highest BCUT2D eigenvalue weighted by Gasteiger charge is 2.17. The Bertz CT molecular complexity index is 368. The zero-order valence-corrected chi connectivity index (χ0v) is 9.07. The molecule has 0 heterocycles. The van der Waals surface area contributed by atoms with Gasteiger partial charge >= 0.3 is 0 Å². The van der Waals surface area contributed by atoms with Crippen LogP contribution in [-0.4, -0.2) is 30.1 Å². The van der Waals surface area contributed by atoms with E-state index in [1.807, 2.05) is 0 Å². The van der Waals surface area contributed by atoms with E-state index in [0.717, 1.165) is 5.56 Å². The van der Waals surface area contributed by atoms with Gasteiger partial charge < -0.3 is 16.2 Å². The second-order valence-corrected chi connectivity index (χ2v) is 3.62. The lowest BCUT2D eigenvalue weighted by Gasteiger charge is -2.10. The molecule has 6 heteroatoms. The summed E-state index contributed by atoms with van der Waals surface area (Å²) < 4.78 is 23.9. The molecule has 0 saturated carbocycles. The number of aliphatic hydroxyl groups is 1. The maximum atomic E-state index is 11.9. The van der Waals surface area contributed by atoms with E-state index in [2.05, 4.69) is 5.32 Å². The number of hydrogen-bond donors (Lipinski definition) is 3. The summed E-state index contributed by atoms with van der Waals surface area (Å²) in [6.45, 7) is -0.453. The number of alkyl halides is 2. The smallest absolute Gasteiger partial charge is 0.265 e. The first-order valence-electron chi connectivity index (χ1n) is 5.06. The summed E-state index contributed by atoms with van der Waals surface area (Å²) in [7, 11) is 0. The maximum absolute atomic E-state index is 11.9. The average molecular weight is 244 g/mol. The van der Waals surface area contributed by atoms with Gasteiger partial charge in [-0.1, -0.05) is 12.1 Å². The Morgan fingerprint density at radius 1 is 1.35 bits per heavy atom. The van der Waals surface area contributed by atoms with E-state index < -0.39 is 25.0 Å². The van der Waals surface area contributed by atoms with Gasteiger partial charge in [-0.25, -0.2) is 8.78 Å². The molecule has 1 rings (SSSR count). The number of nitrogens with one attached hydrogen (secondary N) is 1. The number of carbonyl (C=O) groups is 1. The molecular formula is C11H14F2N2O2. The van der Waals surface area contributed by atoms with Gasteiger partial charge in [0, 0.05) is 12.2 Å². The van der Waals surface area contributed by atoms with E-state index in [1.165, 1.54) is 0 Å². The number of hydrogen-bond acceptors (Lipinski definition) is 3. The van der Waals surface area contributed by atoms with E-state index in [-0.39, 0.29) is 6.42 Å². The van der Waals surface area contributed by atoms with Crippen LogP contribution in [-0.2, 0) is 11.2 Å². The molecule has 4 N–H and O–H groups in total. The van der Waals surface area contributed by atoms with Crippen molar-refractivity contribution in [3.05, 3.63) is 29.8 Å². The number of benzene rings is 1. The van der Waals surface area contributed by atoms with Gasteiger partial charge in [-0.05, 0) is 17.7 Å². The largest absolute Gasteiger partial charge is 0.399 e. The van der Waals surface area contributed by atoms with Crippen molar-refractivity contribution >= 4 is 11.6 Å². The molecule has 0 aliphatic heterocycles. The molecule has 1 amide bonds. The summed E-state index contributed by atoms with van der Waals surface area (Å²) in [5.41, 5.74) is 6.78. The second-order valence-electron chi connectivity index (χ2n) is 3.62. The van der Waals surface area contributed by atoms with Gasteiger partial charge in [0.1, 0.15) is 6.10 Å². The number of nitrogen functional groups attached to an aromatic ring is 1. The summed E-state index contributed by atoms with van der Waals surface area (Å²) in [5.74, 6) is -0.422. The lowest BCUT2D eigenvalue weighted by molar-refractivity contribution is -0.121. The highest BCUT2D eigenvalue weighted by atomic mass is 19.3. The van der Waals surface area contributed by atoms with Crippen LogP contribution in [0.5, 0.6) is 0 Å². The Hall–Kier alpha value is -1.69. The number of amides is 1. The Kier molecular flexibility index (Phi) is 4.84. The molecule has 1 aromatic rings. The second kappa shape index (κ2) is 6.15. The van der Waals surface area contributed by atoms with Crippen LogP contribution in [0.4, 0.5) is 14.5 Å². The SMILES string of the molecule is Nc1ccc(CC(=O)NCC(O)C(F)F)cc1. The first-order chi connectivity index (χ1) is 7.99. The Morgan fingerprint density at radius 3 is 2.47 bits per heavy atom. The van der Waals surface area contributed by atoms with Gasteiger partial charge in [-0.3, -0.25) is 4.79 Å². The predicted molar refractivity (Wildman–Crippen MR) is 59.6 cm³/mol. The van der Waals surface area contributed by atoms with Gasteiger partial charge in [-0.2, -0.15) is 0 Å². The summed E-state index contributed by atoms with van der Waals surface area (Å²) in [6, 6.07) is 6.66. The molecule has 4 nitrogen and oxygen atoms in total. The minimum absolute atomic E-state index is 0.0657. The van der Waals surface area contributed by atoms with Crippen molar-refractivity contribution in [2.75, 3.05) is 12.3 Å². The fraction of sp³-hybridized carbons (Fsp3) is 0.364. The van der Waals surface area contributed by atoms with Gasteiger partial charge in [0.2, 0.25) is 5.91 Å². The molecule has 94 valence electrons. The maximum Gasteiger partial charge on any atom is 0.265 e. The average Bonchev–Trinajstić information content (AvgIpc) is 2.29. The molecule has 0 fully saturated rings. The summed E-state index contributed by atoms with van der Waals surface area (Å²) in [5, 5.41) is 11.0. The van der Waals surface area contributed by atoms with E-state index in [9.17, 15) is 13.6 Å². The number of anilines is 1. The summed E-state index contributed by atoms with van der Waals surface area (Å²) in [4.78, 5) is 11.3. The highest BCUT2D eigenvalue weighted by Crippen LogP contribution is 2.06. The zero-order valence-electron chi connectivity index (χ0n) is 9.07. The molecule has 1 unspecified atom stereocenters. The first-order valence-corrected chi connectivity index (χ1v) is 5.06. The van der Waals surface area contributed by atoms with Crippen LogP contribution in [0, 0.1) is 0 Å². The third-order valence-corrected chi connectivity index (χ3v) is 2.14. The molecule has 0 radical (unpaired) electrons. The quantitative estimate of drug-likeness (QED) is 0.662. The van der Waals surface area contributed by atoms with Crippen molar-refractivity contribution in [1.29, 1.82) is 0 Å². The van der Waals surface area contributed by atoms with Crippen LogP contribution in [0.15, 0.2) is 24.3 Å². The van der Waals surface area contributed by atoms with E-state index in [4.69, 9.17) is 10.8 Å². The number of aliphatic hydroxyl groups excluding tert-OH is 1. The topological polar surface area (TPSA) is 75.4 Å². The van der Waals surface area contributed by atoms with Gasteiger partial charge in [0.05, 0.1) is 6.42 Å². The van der Waals surface area contributed by atoms with Crippen molar-refractivity contribution in [2.24, 2.45) is 0 Å². The standard InChI is InChI=1S/C11H14F2N2O2/c12-11(13)9(16)6-15-10(17)5-7-1-3-8(14)4-2-7/h1-4,9,11,16H,5-6,14H2,(H,15,17). The van der Waals surface area contributed by atoms with Crippen molar-refractivity contribution in [1.82, 2.24) is 5.32 Å². The van der Waals surface area contributed by atoms with Crippen molar-refractivity contribution in [3.8, 4) is 0 Å². The van der Waals surface area contributed by atoms with Crippen molar-refractivity contribution < 1.29 is 18.7 Å². The third kappa shape index (κ3) is 4.78. The highest BCUT2D eigenvalue weighted by molar-refractivity contribution is 5.78. The zero-order chi connectivity index (χ0) is 12.8. The molecule has 0 aliphatic rings. The number of carbonyl (C=O) groups excluding carboxylic acids is 1. The first kappa shape index (κ1) is 13.4. The third-order valence-electron chi connectivity index (χ3n) is 2.14. The van der Waals surface area contributed by atoms with Crippen molar-refractivity contribution in [2.45, 2.75) is 19.0 Å². The number of nitrogens with two attached hydrogens (primary N) is 1. The molecule has 17 heavy (non-hydrogen) atoms. The van der Waals surface area contributed by atoms with Crippen molar-refractivity contribution in [3.63, 3.8) is 0 Å². The fourth-order valence-electron chi connectivity index (χ4n) is 1.19. The van der Waals surface area contributed by atoms with Crippen LogP contribution in [0.3, 0.4) is 0 Å². The van der Waals surface area contributed by atoms with Crippen LogP contribution < -0.4 is 11.1 Å². The lowest BCUT2D eigenvalue weighted by atomic mass is 10.1. The van der Waals surface area contributed by atoms with Gasteiger partial charge in [-0.15, -0.1) is 0 Å². The number of rotatable bonds is 5. The molecule has 0 aromatic heterocycles. The normalized spacial score (nSPS) is 12.5. The van der Waals surface area contributed by atoms with Gasteiger partial charge in [0.25, 0.3) is 6.43 Å². The van der Waals surface area contributed by atoms with Crippen LogP contribution >= 0.6 is 0 Å². The van der Waals surface area contributed by atoms with Crippen LogP contribution in [0.2, 0.25) is 0 Å². The summed E-state index contributed by atoms with van der Waals surface area (Å²) >= 11 is 0. The van der Waals surface area contributed by atoms with E-state index in [1.54, 1.807) is 24.3 Å². The Morgan fingerprint density at radius 2 is 1.94 bits per heavy atom. The molecule has 0 spiro atoms. The Balaban J connectivity index is 2.37. The van der Waals surface area contributed by atoms with Crippen LogP contribution in [0.1, 0.15) is 5.56 Å². The molecule has 0 saturated heterocycles. The fourth-order valence-corrected chi connectivity index (χ4v) is 1.19. The predicted octanol–water partition coefficient (Wildman–Crippen LogP) is 0.553. The molecular weight excluding hydrogens is 230 g/mol. The van der Waals surface area contributed by atoms with E-state index in [0.29, 0.717) is 5.69 Å². The molecule has 1 aromatic carbocycles. The molecule has 0 bridgehead atoms. The van der Waals surface area contributed by atoms with Crippen LogP contribution in [0.25, 0.3) is 0 Å². The van der Waals surface area contributed by atoms with E-state index >= 15 is 0 Å². The molecule has 0 aliphatic carbocycles. The van der Waals surface area contributed by atoms with Gasteiger partial charge in [0.15, 0.2) is 0 Å². The Labute approximate surface area is 97.4 Å².